The minimum absolute atomic E-state index is 0.0640. The number of carbonyl (C=O) groups is 1. The van der Waals surface area contributed by atoms with E-state index in [-0.39, 0.29) is 22.8 Å². The minimum atomic E-state index is -4.82. The van der Waals surface area contributed by atoms with E-state index < -0.39 is 39.2 Å². The van der Waals surface area contributed by atoms with Gasteiger partial charge < -0.3 is 10.0 Å². The Hall–Kier alpha value is -3.74. The molecule has 0 saturated heterocycles. The Labute approximate surface area is 222 Å². The summed E-state index contributed by atoms with van der Waals surface area (Å²) in [6, 6.07) is 9.50. The zero-order chi connectivity index (χ0) is 28.2. The van der Waals surface area contributed by atoms with Gasteiger partial charge in [-0.15, -0.1) is 0 Å². The molecule has 0 saturated carbocycles. The van der Waals surface area contributed by atoms with Crippen LogP contribution in [0.3, 0.4) is 0 Å². The molecule has 2 N–H and O–H groups in total. The average molecular weight is 567 g/mol. The Balaban J connectivity index is 1.80. The van der Waals surface area contributed by atoms with E-state index in [9.17, 15) is 30.8 Å². The molecule has 0 amide bonds. The van der Waals surface area contributed by atoms with Crippen LogP contribution in [0, 0.1) is 5.82 Å². The Morgan fingerprint density at radius 3 is 2.59 bits per heavy atom. The molecule has 13 heteroatoms. The van der Waals surface area contributed by atoms with Crippen molar-refractivity contribution in [3.05, 3.63) is 65.5 Å². The van der Waals surface area contributed by atoms with Crippen molar-refractivity contribution in [1.82, 2.24) is 9.97 Å². The number of carboxylic acids is 1. The summed E-state index contributed by atoms with van der Waals surface area (Å²) < 4.78 is 84.5. The van der Waals surface area contributed by atoms with Crippen LogP contribution in [-0.2, 0) is 27.4 Å². The predicted octanol–water partition coefficient (Wildman–Crippen LogP) is 5.50. The van der Waals surface area contributed by atoms with E-state index in [1.807, 2.05) is 4.90 Å². The molecule has 0 unspecified atom stereocenters. The highest BCUT2D eigenvalue weighted by atomic mass is 32.2. The molecule has 3 aromatic rings. The summed E-state index contributed by atoms with van der Waals surface area (Å²) >= 11 is 0. The Kier molecular flexibility index (Phi) is 8.38. The highest BCUT2D eigenvalue weighted by molar-refractivity contribution is 7.92. The predicted molar refractivity (Wildman–Crippen MR) is 136 cm³/mol. The third kappa shape index (κ3) is 7.02. The fourth-order valence-electron chi connectivity index (χ4n) is 4.41. The van der Waals surface area contributed by atoms with Gasteiger partial charge in [0.15, 0.2) is 5.03 Å². The molecule has 3 heterocycles. The summed E-state index contributed by atoms with van der Waals surface area (Å²) in [4.78, 5) is 21.0. The number of anilines is 2. The van der Waals surface area contributed by atoms with Gasteiger partial charge in [-0.2, -0.15) is 21.6 Å². The van der Waals surface area contributed by atoms with E-state index in [1.165, 1.54) is 24.3 Å². The maximum absolute atomic E-state index is 14.2. The van der Waals surface area contributed by atoms with Gasteiger partial charge in [0, 0.05) is 25.1 Å². The molecule has 0 radical (unpaired) electrons. The van der Waals surface area contributed by atoms with Gasteiger partial charge in [0.25, 0.3) is 10.0 Å². The summed E-state index contributed by atoms with van der Waals surface area (Å²) in [5, 5.41) is 8.63. The van der Waals surface area contributed by atoms with Crippen molar-refractivity contribution >= 4 is 27.6 Å². The number of benzene rings is 1. The second-order valence-corrected chi connectivity index (χ2v) is 10.8. The van der Waals surface area contributed by atoms with Crippen LogP contribution in [0.2, 0.25) is 0 Å². The lowest BCUT2D eigenvalue weighted by atomic mass is 9.96. The summed E-state index contributed by atoms with van der Waals surface area (Å²) in [5.41, 5.74) is -1.30. The Morgan fingerprint density at radius 1 is 1.05 bits per heavy atom. The van der Waals surface area contributed by atoms with Crippen LogP contribution in [0.1, 0.15) is 43.2 Å². The van der Waals surface area contributed by atoms with E-state index >= 15 is 0 Å². The molecule has 208 valence electrons. The second-order valence-electron chi connectivity index (χ2n) is 9.13. The molecule has 8 nitrogen and oxygen atoms in total. The molecule has 0 fully saturated rings. The Morgan fingerprint density at radius 2 is 1.85 bits per heavy atom. The van der Waals surface area contributed by atoms with Crippen molar-refractivity contribution in [2.24, 2.45) is 0 Å². The fourth-order valence-corrected chi connectivity index (χ4v) is 5.38. The molecule has 4 bridgehead atoms. The topological polar surface area (TPSA) is 112 Å². The van der Waals surface area contributed by atoms with Crippen LogP contribution < -0.4 is 9.62 Å². The molecule has 1 aromatic carbocycles. The average Bonchev–Trinajstić information content (AvgIpc) is 2.86. The lowest BCUT2D eigenvalue weighted by molar-refractivity contribution is -0.138. The number of aliphatic carboxylic acids is 1. The summed E-state index contributed by atoms with van der Waals surface area (Å²) in [6.45, 7) is 0.792. The third-order valence-electron chi connectivity index (χ3n) is 6.27. The molecular weight excluding hydrogens is 540 g/mol. The highest BCUT2D eigenvalue weighted by Gasteiger charge is 2.35. The van der Waals surface area contributed by atoms with Gasteiger partial charge in [0.2, 0.25) is 0 Å². The van der Waals surface area contributed by atoms with Gasteiger partial charge in [-0.25, -0.2) is 14.4 Å². The first-order valence-corrected chi connectivity index (χ1v) is 13.8. The van der Waals surface area contributed by atoms with E-state index in [0.717, 1.165) is 12.1 Å². The first kappa shape index (κ1) is 28.3. The summed E-state index contributed by atoms with van der Waals surface area (Å²) in [5.74, 6) is -1.75. The number of pyridine rings is 2. The smallest absolute Gasteiger partial charge is 0.418 e. The van der Waals surface area contributed by atoms with Crippen molar-refractivity contribution < 1.29 is 35.9 Å². The number of hydrogen-bond donors (Lipinski definition) is 2. The molecule has 4 rings (SSSR count). The number of alkyl halides is 3. The SMILES string of the molecule is O=C(O)CCCN1CCCCCc2ccc(F)cc2-c2nc(ccc2C(F)(F)F)NS(=O)(=O)c2cccc1n2. The second kappa shape index (κ2) is 11.6. The molecule has 1 aliphatic heterocycles. The van der Waals surface area contributed by atoms with Crippen LogP contribution in [0.15, 0.2) is 53.6 Å². The van der Waals surface area contributed by atoms with Gasteiger partial charge in [-0.3, -0.25) is 9.52 Å². The standard InChI is InChI=1S/C26H26F4N4O4S/c27-18-11-10-17-6-2-1-3-14-34(15-5-9-24(35)36)22-7-4-8-23(32-22)39(37,38)33-21-13-12-20(26(28,29)30)25(31-21)19(17)16-18/h4,7-8,10-13,16H,1-3,5-6,9,14-15H2,(H,31,33)(H,35,36). The molecule has 0 atom stereocenters. The summed E-state index contributed by atoms with van der Waals surface area (Å²) in [7, 11) is -4.38. The van der Waals surface area contributed by atoms with Crippen LogP contribution in [0.5, 0.6) is 0 Å². The van der Waals surface area contributed by atoms with Crippen molar-refractivity contribution in [3.8, 4) is 11.3 Å². The Bertz CT molecular complexity index is 1460. The number of sulfonamides is 1. The lowest BCUT2D eigenvalue weighted by Gasteiger charge is -2.24. The van der Waals surface area contributed by atoms with Crippen LogP contribution in [0.4, 0.5) is 29.2 Å². The molecule has 0 spiro atoms. The molecule has 2 aromatic heterocycles. The first-order chi connectivity index (χ1) is 18.4. The monoisotopic (exact) mass is 566 g/mol. The number of rotatable bonds is 4. The number of aromatic nitrogens is 2. The van der Waals surface area contributed by atoms with Crippen molar-refractivity contribution in [1.29, 1.82) is 0 Å². The number of nitrogens with zero attached hydrogens (tertiary/aromatic N) is 3. The zero-order valence-electron chi connectivity index (χ0n) is 20.7. The van der Waals surface area contributed by atoms with Crippen molar-refractivity contribution in [2.75, 3.05) is 22.7 Å². The van der Waals surface area contributed by atoms with E-state index in [0.29, 0.717) is 62.6 Å². The normalized spacial score (nSPS) is 15.7. The largest absolute Gasteiger partial charge is 0.481 e. The number of nitrogens with one attached hydrogen (secondary N) is 1. The maximum atomic E-state index is 14.2. The quantitative estimate of drug-likeness (QED) is 0.401. The first-order valence-electron chi connectivity index (χ1n) is 12.3. The van der Waals surface area contributed by atoms with Crippen LogP contribution in [-0.4, -0.2) is 42.6 Å². The van der Waals surface area contributed by atoms with Gasteiger partial charge in [-0.05, 0) is 67.6 Å². The molecule has 39 heavy (non-hydrogen) atoms. The lowest BCUT2D eigenvalue weighted by Crippen LogP contribution is -2.28. The number of hydrogen-bond acceptors (Lipinski definition) is 6. The third-order valence-corrected chi connectivity index (χ3v) is 7.52. The van der Waals surface area contributed by atoms with Crippen molar-refractivity contribution in [3.63, 3.8) is 0 Å². The van der Waals surface area contributed by atoms with E-state index in [2.05, 4.69) is 14.7 Å². The minimum Gasteiger partial charge on any atom is -0.481 e. The number of halogens is 4. The van der Waals surface area contributed by atoms with Crippen LogP contribution >= 0.6 is 0 Å². The number of fused-ring (bicyclic) bond motifs is 6. The van der Waals surface area contributed by atoms with Crippen LogP contribution in [0.25, 0.3) is 11.3 Å². The summed E-state index contributed by atoms with van der Waals surface area (Å²) in [6.07, 6.45) is -2.34. The fraction of sp³-hybridized carbons (Fsp3) is 0.346. The highest BCUT2D eigenvalue weighted by Crippen LogP contribution is 2.39. The maximum Gasteiger partial charge on any atom is 0.418 e. The van der Waals surface area contributed by atoms with E-state index in [4.69, 9.17) is 5.11 Å². The van der Waals surface area contributed by atoms with Gasteiger partial charge >= 0.3 is 12.1 Å². The van der Waals surface area contributed by atoms with Gasteiger partial charge in [-0.1, -0.05) is 18.6 Å². The van der Waals surface area contributed by atoms with Crippen molar-refractivity contribution in [2.45, 2.75) is 49.7 Å². The van der Waals surface area contributed by atoms with E-state index in [1.54, 1.807) is 6.07 Å². The molecule has 0 aliphatic carbocycles. The number of aryl methyl sites for hydroxylation is 1. The number of carboxylic acid groups (broad SMARTS) is 1. The van der Waals surface area contributed by atoms with Gasteiger partial charge in [0.05, 0.1) is 11.3 Å². The van der Waals surface area contributed by atoms with Gasteiger partial charge in [0.1, 0.15) is 17.5 Å². The molecular formula is C26H26F4N4O4S. The molecule has 1 aliphatic rings. The zero-order valence-corrected chi connectivity index (χ0v) is 21.5.